The second-order valence-corrected chi connectivity index (χ2v) is 4.42. The average Bonchev–Trinajstić information content (AvgIpc) is 2.21. The molecule has 0 bridgehead atoms. The predicted octanol–water partition coefficient (Wildman–Crippen LogP) is -0.0932. The van der Waals surface area contributed by atoms with Crippen molar-refractivity contribution in [3.05, 3.63) is 0 Å². The van der Waals surface area contributed by atoms with E-state index in [1.54, 1.807) is 4.90 Å². The van der Waals surface area contributed by atoms with E-state index in [2.05, 4.69) is 11.9 Å². The fourth-order valence-corrected chi connectivity index (χ4v) is 2.09. The normalized spacial score (nSPS) is 29.9. The summed E-state index contributed by atoms with van der Waals surface area (Å²) in [5.74, 6) is 0.338. The summed E-state index contributed by atoms with van der Waals surface area (Å²) < 4.78 is 0. The van der Waals surface area contributed by atoms with Crippen molar-refractivity contribution < 1.29 is 4.79 Å². The van der Waals surface area contributed by atoms with E-state index < -0.39 is 0 Å². The van der Waals surface area contributed by atoms with Crippen molar-refractivity contribution in [3.8, 4) is 0 Å². The number of likely N-dealkylation sites (tertiary alicyclic amines) is 1. The van der Waals surface area contributed by atoms with E-state index in [-0.39, 0.29) is 17.3 Å². The molecule has 86 valence electrons. The number of hydrogen-bond acceptors (Lipinski definition) is 2. The molecular weight excluding hydrogens is 192 g/mol. The zero-order chi connectivity index (χ0) is 11.6. The minimum atomic E-state index is -0.215. The first-order valence-corrected chi connectivity index (χ1v) is 5.22. The Kier molecular flexibility index (Phi) is 3.21. The van der Waals surface area contributed by atoms with E-state index in [0.29, 0.717) is 12.6 Å². The van der Waals surface area contributed by atoms with E-state index in [4.69, 9.17) is 11.5 Å². The van der Waals surface area contributed by atoms with E-state index >= 15 is 0 Å². The third-order valence-electron chi connectivity index (χ3n) is 3.46. The van der Waals surface area contributed by atoms with Crippen LogP contribution in [0.1, 0.15) is 26.7 Å². The number of β-lactam (4-membered cyclic amide) rings is 1. The molecule has 0 aromatic heterocycles. The van der Waals surface area contributed by atoms with E-state index in [1.165, 1.54) is 0 Å². The zero-order valence-electron chi connectivity index (χ0n) is 9.66. The summed E-state index contributed by atoms with van der Waals surface area (Å²) in [4.78, 5) is 17.3. The predicted molar refractivity (Wildman–Crippen MR) is 60.2 cm³/mol. The van der Waals surface area contributed by atoms with Crippen LogP contribution in [0.3, 0.4) is 0 Å². The largest absolute Gasteiger partial charge is 0.370 e. The number of aliphatic imine (C=N–C) groups is 1. The van der Waals surface area contributed by atoms with Gasteiger partial charge in [0.2, 0.25) is 5.91 Å². The quantitative estimate of drug-likeness (QED) is 0.295. The molecule has 1 amide bonds. The molecule has 0 radical (unpaired) electrons. The number of carbonyl (C=O) groups is 1. The first-order chi connectivity index (χ1) is 6.89. The summed E-state index contributed by atoms with van der Waals surface area (Å²) in [6.45, 7) is 4.68. The lowest BCUT2D eigenvalue weighted by atomic mass is 9.70. The summed E-state index contributed by atoms with van der Waals surface area (Å²) in [5.41, 5.74) is 10.2. The van der Waals surface area contributed by atoms with Crippen LogP contribution in [0.5, 0.6) is 0 Å². The number of guanidine groups is 1. The van der Waals surface area contributed by atoms with Gasteiger partial charge in [0.1, 0.15) is 0 Å². The average molecular weight is 212 g/mol. The van der Waals surface area contributed by atoms with Crippen molar-refractivity contribution in [1.29, 1.82) is 0 Å². The molecule has 0 aromatic rings. The molecule has 15 heavy (non-hydrogen) atoms. The molecule has 1 aliphatic heterocycles. The number of nitrogens with two attached hydrogens (primary N) is 2. The first kappa shape index (κ1) is 11.8. The highest BCUT2D eigenvalue weighted by Crippen LogP contribution is 2.41. The third-order valence-corrected chi connectivity index (χ3v) is 3.46. The Hall–Kier alpha value is -1.26. The van der Waals surface area contributed by atoms with Crippen molar-refractivity contribution in [2.75, 3.05) is 13.6 Å². The van der Waals surface area contributed by atoms with Crippen LogP contribution in [-0.4, -0.2) is 36.4 Å². The van der Waals surface area contributed by atoms with Crippen LogP contribution in [0, 0.1) is 5.41 Å². The molecule has 1 saturated heterocycles. The van der Waals surface area contributed by atoms with Gasteiger partial charge in [-0.25, -0.2) is 0 Å². The maximum absolute atomic E-state index is 11.7. The molecule has 0 saturated carbocycles. The minimum absolute atomic E-state index is 0.116. The lowest BCUT2D eigenvalue weighted by molar-refractivity contribution is -0.166. The SMILES string of the molecule is C[C@H]1N(C)C(=O)[C@]1(C)CCCN=C(N)N. The van der Waals surface area contributed by atoms with Gasteiger partial charge in [-0.15, -0.1) is 0 Å². The van der Waals surface area contributed by atoms with Gasteiger partial charge in [-0.1, -0.05) is 0 Å². The standard InChI is InChI=1S/C10H20N4O/c1-7-10(2,8(15)14(7)3)5-4-6-13-9(11)12/h7H,4-6H2,1-3H3,(H4,11,12,13)/t7-,10-/m1/s1. The monoisotopic (exact) mass is 212 g/mol. The number of nitrogens with zero attached hydrogens (tertiary/aromatic N) is 2. The van der Waals surface area contributed by atoms with Crippen LogP contribution in [-0.2, 0) is 4.79 Å². The molecule has 5 nitrogen and oxygen atoms in total. The number of hydrogen-bond donors (Lipinski definition) is 2. The first-order valence-electron chi connectivity index (χ1n) is 5.22. The Labute approximate surface area is 90.5 Å². The molecule has 4 N–H and O–H groups in total. The molecular formula is C10H20N4O. The van der Waals surface area contributed by atoms with Gasteiger partial charge in [-0.2, -0.15) is 0 Å². The smallest absolute Gasteiger partial charge is 0.230 e. The fraction of sp³-hybridized carbons (Fsp3) is 0.800. The molecule has 0 aliphatic carbocycles. The van der Waals surface area contributed by atoms with Gasteiger partial charge in [-0.05, 0) is 26.7 Å². The molecule has 0 unspecified atom stereocenters. The molecule has 0 spiro atoms. The molecule has 1 aliphatic rings. The Balaban J connectivity index is 2.39. The highest BCUT2D eigenvalue weighted by molar-refractivity contribution is 5.89. The Morgan fingerprint density at radius 1 is 1.60 bits per heavy atom. The van der Waals surface area contributed by atoms with Crippen molar-refractivity contribution >= 4 is 11.9 Å². The summed E-state index contributed by atoms with van der Waals surface area (Å²) in [7, 11) is 1.84. The van der Waals surface area contributed by atoms with Crippen LogP contribution in [0.25, 0.3) is 0 Å². The molecule has 1 heterocycles. The minimum Gasteiger partial charge on any atom is -0.370 e. The summed E-state index contributed by atoms with van der Waals surface area (Å²) >= 11 is 0. The summed E-state index contributed by atoms with van der Waals surface area (Å²) in [6.07, 6.45) is 1.69. The van der Waals surface area contributed by atoms with Gasteiger partial charge in [0, 0.05) is 19.6 Å². The molecule has 1 rings (SSSR count). The van der Waals surface area contributed by atoms with E-state index in [1.807, 2.05) is 14.0 Å². The number of rotatable bonds is 4. The summed E-state index contributed by atoms with van der Waals surface area (Å²) in [6, 6.07) is 0.309. The van der Waals surface area contributed by atoms with Crippen LogP contribution in [0.4, 0.5) is 0 Å². The van der Waals surface area contributed by atoms with E-state index in [9.17, 15) is 4.79 Å². The van der Waals surface area contributed by atoms with Gasteiger partial charge in [0.05, 0.1) is 5.41 Å². The van der Waals surface area contributed by atoms with Crippen molar-refractivity contribution in [3.63, 3.8) is 0 Å². The molecule has 5 heteroatoms. The Bertz CT molecular complexity index is 285. The highest BCUT2D eigenvalue weighted by Gasteiger charge is 2.52. The highest BCUT2D eigenvalue weighted by atomic mass is 16.2. The summed E-state index contributed by atoms with van der Waals surface area (Å²) in [5, 5.41) is 0. The van der Waals surface area contributed by atoms with E-state index in [0.717, 1.165) is 12.8 Å². The zero-order valence-corrected chi connectivity index (χ0v) is 9.66. The lowest BCUT2D eigenvalue weighted by Crippen LogP contribution is -2.64. The molecule has 1 fully saturated rings. The van der Waals surface area contributed by atoms with Gasteiger partial charge in [0.25, 0.3) is 0 Å². The van der Waals surface area contributed by atoms with Crippen molar-refractivity contribution in [2.45, 2.75) is 32.7 Å². The van der Waals surface area contributed by atoms with Gasteiger partial charge >= 0.3 is 0 Å². The number of amides is 1. The van der Waals surface area contributed by atoms with Crippen LogP contribution < -0.4 is 11.5 Å². The maximum Gasteiger partial charge on any atom is 0.230 e. The van der Waals surface area contributed by atoms with Crippen LogP contribution >= 0.6 is 0 Å². The van der Waals surface area contributed by atoms with Gasteiger partial charge in [0.15, 0.2) is 5.96 Å². The topological polar surface area (TPSA) is 84.7 Å². The second kappa shape index (κ2) is 4.08. The van der Waals surface area contributed by atoms with Crippen LogP contribution in [0.2, 0.25) is 0 Å². The maximum atomic E-state index is 11.7. The van der Waals surface area contributed by atoms with Gasteiger partial charge < -0.3 is 16.4 Å². The Morgan fingerprint density at radius 3 is 2.67 bits per heavy atom. The fourth-order valence-electron chi connectivity index (χ4n) is 2.09. The second-order valence-electron chi connectivity index (χ2n) is 4.42. The third kappa shape index (κ3) is 2.06. The molecule has 0 aromatic carbocycles. The number of carbonyl (C=O) groups excluding carboxylic acids is 1. The Morgan fingerprint density at radius 2 is 2.20 bits per heavy atom. The lowest BCUT2D eigenvalue weighted by Gasteiger charge is -2.51. The molecule has 2 atom stereocenters. The van der Waals surface area contributed by atoms with Crippen molar-refractivity contribution in [2.24, 2.45) is 21.9 Å². The van der Waals surface area contributed by atoms with Crippen LogP contribution in [0.15, 0.2) is 4.99 Å². The van der Waals surface area contributed by atoms with Gasteiger partial charge in [-0.3, -0.25) is 9.79 Å². The van der Waals surface area contributed by atoms with Crippen molar-refractivity contribution in [1.82, 2.24) is 4.90 Å².